The first-order valence-corrected chi connectivity index (χ1v) is 10.5. The minimum absolute atomic E-state index is 0.0109. The monoisotopic (exact) mass is 437 g/mol. The number of sulfone groups is 1. The molecule has 0 saturated heterocycles. The van der Waals surface area contributed by atoms with Crippen molar-refractivity contribution in [2.24, 2.45) is 0 Å². The normalized spacial score (nSPS) is 11.2. The Kier molecular flexibility index (Phi) is 6.09. The zero-order chi connectivity index (χ0) is 21.0. The van der Waals surface area contributed by atoms with E-state index in [0.717, 1.165) is 30.1 Å². The number of aromatic amines is 1. The van der Waals surface area contributed by atoms with Gasteiger partial charge in [0.25, 0.3) is 5.56 Å². The fourth-order valence-corrected chi connectivity index (χ4v) is 4.16. The van der Waals surface area contributed by atoms with E-state index < -0.39 is 37.8 Å². The van der Waals surface area contributed by atoms with Gasteiger partial charge in [0.1, 0.15) is 11.6 Å². The van der Waals surface area contributed by atoms with Gasteiger partial charge in [-0.1, -0.05) is 30.0 Å². The summed E-state index contributed by atoms with van der Waals surface area (Å²) >= 11 is 0.816. The molecule has 3 aromatic rings. The van der Waals surface area contributed by atoms with Crippen LogP contribution in [0.4, 0.5) is 14.5 Å². The zero-order valence-corrected chi connectivity index (χ0v) is 16.2. The Morgan fingerprint density at radius 1 is 1.14 bits per heavy atom. The van der Waals surface area contributed by atoms with E-state index in [2.05, 4.69) is 15.3 Å². The minimum atomic E-state index is -4.03. The van der Waals surface area contributed by atoms with Crippen molar-refractivity contribution in [3.05, 3.63) is 76.7 Å². The number of hydrogen-bond acceptors (Lipinski definition) is 6. The molecule has 7 nitrogen and oxygen atoms in total. The molecule has 0 aliphatic heterocycles. The molecular weight excluding hydrogens is 424 g/mol. The summed E-state index contributed by atoms with van der Waals surface area (Å²) < 4.78 is 51.4. The predicted molar refractivity (Wildman–Crippen MR) is 102 cm³/mol. The third kappa shape index (κ3) is 4.87. The summed E-state index contributed by atoms with van der Waals surface area (Å²) in [7, 11) is -4.03. The van der Waals surface area contributed by atoms with E-state index in [1.54, 1.807) is 6.07 Å². The van der Waals surface area contributed by atoms with Crippen LogP contribution >= 0.6 is 11.8 Å². The van der Waals surface area contributed by atoms with Gasteiger partial charge in [-0.05, 0) is 24.3 Å². The maximum atomic E-state index is 13.5. The molecule has 0 aliphatic carbocycles. The Hall–Kier alpha value is -3.05. The van der Waals surface area contributed by atoms with Crippen molar-refractivity contribution >= 4 is 33.2 Å². The van der Waals surface area contributed by atoms with Crippen LogP contribution in [0, 0.1) is 11.6 Å². The molecule has 0 spiro atoms. The number of rotatable bonds is 6. The summed E-state index contributed by atoms with van der Waals surface area (Å²) in [5.74, 6) is -2.57. The average Bonchev–Trinajstić information content (AvgIpc) is 2.69. The molecule has 2 N–H and O–H groups in total. The van der Waals surface area contributed by atoms with Crippen LogP contribution in [0.5, 0.6) is 0 Å². The predicted octanol–water partition coefficient (Wildman–Crippen LogP) is 2.61. The quantitative estimate of drug-likeness (QED) is 0.453. The number of halogens is 2. The van der Waals surface area contributed by atoms with Crippen molar-refractivity contribution in [1.82, 2.24) is 9.97 Å². The van der Waals surface area contributed by atoms with E-state index in [4.69, 9.17) is 0 Å². The number of anilines is 1. The second kappa shape index (κ2) is 8.53. The average molecular weight is 437 g/mol. The molecule has 11 heteroatoms. The number of nitrogens with zero attached hydrogens (tertiary/aromatic N) is 1. The zero-order valence-electron chi connectivity index (χ0n) is 14.6. The van der Waals surface area contributed by atoms with E-state index >= 15 is 0 Å². The Morgan fingerprint density at radius 3 is 2.52 bits per heavy atom. The summed E-state index contributed by atoms with van der Waals surface area (Å²) in [6, 6.07) is 10.1. The number of benzene rings is 2. The SMILES string of the molecule is O=C(CSc1ncc(S(=O)(=O)c2ccccc2)c(=O)[nH]1)Nc1ccc(F)cc1F. The molecule has 2 aromatic carbocycles. The van der Waals surface area contributed by atoms with Crippen molar-refractivity contribution < 1.29 is 22.0 Å². The molecule has 0 aliphatic rings. The molecule has 0 atom stereocenters. The molecule has 1 amide bonds. The van der Waals surface area contributed by atoms with Crippen molar-refractivity contribution in [3.8, 4) is 0 Å². The van der Waals surface area contributed by atoms with Crippen LogP contribution in [0.25, 0.3) is 0 Å². The van der Waals surface area contributed by atoms with Crippen LogP contribution in [-0.4, -0.2) is 30.0 Å². The fraction of sp³-hybridized carbons (Fsp3) is 0.0556. The van der Waals surface area contributed by atoms with Gasteiger partial charge in [0, 0.05) is 6.07 Å². The molecule has 0 unspecified atom stereocenters. The van der Waals surface area contributed by atoms with E-state index in [0.29, 0.717) is 6.07 Å². The van der Waals surface area contributed by atoms with Crippen molar-refractivity contribution in [3.63, 3.8) is 0 Å². The molecule has 3 rings (SSSR count). The molecule has 0 radical (unpaired) electrons. The lowest BCUT2D eigenvalue weighted by atomic mass is 10.3. The Balaban J connectivity index is 1.69. The lowest BCUT2D eigenvalue weighted by Gasteiger charge is -2.07. The number of aromatic nitrogens is 2. The summed E-state index contributed by atoms with van der Waals surface area (Å²) in [5, 5.41) is 2.27. The number of hydrogen-bond donors (Lipinski definition) is 2. The van der Waals surface area contributed by atoms with Gasteiger partial charge in [0.05, 0.1) is 22.5 Å². The van der Waals surface area contributed by atoms with Crippen molar-refractivity contribution in [1.29, 1.82) is 0 Å². The maximum Gasteiger partial charge on any atom is 0.270 e. The highest BCUT2D eigenvalue weighted by Gasteiger charge is 2.22. The summed E-state index contributed by atoms with van der Waals surface area (Å²) in [6.45, 7) is 0. The molecule has 1 heterocycles. The van der Waals surface area contributed by atoms with Crippen LogP contribution in [-0.2, 0) is 14.6 Å². The van der Waals surface area contributed by atoms with Crippen molar-refractivity contribution in [2.45, 2.75) is 14.9 Å². The summed E-state index contributed by atoms with van der Waals surface area (Å²) in [6.07, 6.45) is 0.918. The van der Waals surface area contributed by atoms with Crippen molar-refractivity contribution in [2.75, 3.05) is 11.1 Å². The highest BCUT2D eigenvalue weighted by Crippen LogP contribution is 2.19. The largest absolute Gasteiger partial charge is 0.323 e. The number of nitrogens with one attached hydrogen (secondary N) is 2. The fourth-order valence-electron chi connectivity index (χ4n) is 2.27. The Labute approximate surface area is 168 Å². The first kappa shape index (κ1) is 20.7. The second-order valence-corrected chi connectivity index (χ2v) is 8.54. The molecule has 29 heavy (non-hydrogen) atoms. The van der Waals surface area contributed by atoms with Gasteiger partial charge in [-0.3, -0.25) is 9.59 Å². The molecule has 1 aromatic heterocycles. The van der Waals surface area contributed by atoms with Crippen LogP contribution in [0.3, 0.4) is 0 Å². The standard InChI is InChI=1S/C18H13F2N3O4S2/c19-11-6-7-14(13(20)8-11)22-16(24)10-28-18-21-9-15(17(25)23-18)29(26,27)12-4-2-1-3-5-12/h1-9H,10H2,(H,22,24)(H,21,23,25). The second-order valence-electron chi connectivity index (χ2n) is 5.66. The van der Waals surface area contributed by atoms with E-state index in [-0.39, 0.29) is 21.5 Å². The van der Waals surface area contributed by atoms with Crippen LogP contribution < -0.4 is 10.9 Å². The van der Waals surface area contributed by atoms with Crippen LogP contribution in [0.1, 0.15) is 0 Å². The van der Waals surface area contributed by atoms with E-state index in [9.17, 15) is 26.8 Å². The first-order valence-electron chi connectivity index (χ1n) is 8.04. The number of amides is 1. The molecule has 0 bridgehead atoms. The van der Waals surface area contributed by atoms with Gasteiger partial charge < -0.3 is 10.3 Å². The number of H-pyrrole nitrogens is 1. The van der Waals surface area contributed by atoms with Gasteiger partial charge >= 0.3 is 0 Å². The summed E-state index contributed by atoms with van der Waals surface area (Å²) in [5.41, 5.74) is -1.07. The molecule has 150 valence electrons. The maximum absolute atomic E-state index is 13.5. The highest BCUT2D eigenvalue weighted by molar-refractivity contribution is 7.99. The van der Waals surface area contributed by atoms with Gasteiger partial charge in [-0.25, -0.2) is 22.2 Å². The lowest BCUT2D eigenvalue weighted by Crippen LogP contribution is -2.20. The summed E-state index contributed by atoms with van der Waals surface area (Å²) in [4.78, 5) is 29.7. The van der Waals surface area contributed by atoms with Gasteiger partial charge in [-0.15, -0.1) is 0 Å². The third-order valence-corrected chi connectivity index (χ3v) is 6.28. The highest BCUT2D eigenvalue weighted by atomic mass is 32.2. The van der Waals surface area contributed by atoms with Crippen LogP contribution in [0.15, 0.2) is 74.5 Å². The Bertz CT molecular complexity index is 1220. The van der Waals surface area contributed by atoms with Gasteiger partial charge in [0.15, 0.2) is 10.1 Å². The Morgan fingerprint density at radius 2 is 1.86 bits per heavy atom. The number of carbonyl (C=O) groups is 1. The minimum Gasteiger partial charge on any atom is -0.323 e. The van der Waals surface area contributed by atoms with E-state index in [1.165, 1.54) is 24.3 Å². The molecule has 0 fully saturated rings. The third-order valence-electron chi connectivity index (χ3n) is 3.63. The molecule has 0 saturated carbocycles. The van der Waals surface area contributed by atoms with E-state index in [1.807, 2.05) is 0 Å². The number of carbonyl (C=O) groups excluding carboxylic acids is 1. The van der Waals surface area contributed by atoms with Crippen LogP contribution in [0.2, 0.25) is 0 Å². The smallest absolute Gasteiger partial charge is 0.270 e. The number of thioether (sulfide) groups is 1. The lowest BCUT2D eigenvalue weighted by molar-refractivity contribution is -0.113. The van der Waals surface area contributed by atoms with Gasteiger partial charge in [-0.2, -0.15) is 0 Å². The topological polar surface area (TPSA) is 109 Å². The molecular formula is C18H13F2N3O4S2. The first-order chi connectivity index (χ1) is 13.8. The van der Waals surface area contributed by atoms with Gasteiger partial charge in [0.2, 0.25) is 15.7 Å².